The fourth-order valence-electron chi connectivity index (χ4n) is 1.45. The van der Waals surface area contributed by atoms with Gasteiger partial charge in [0.15, 0.2) is 0 Å². The Morgan fingerprint density at radius 3 is 2.12 bits per heavy atom. The van der Waals surface area contributed by atoms with Gasteiger partial charge in [-0.05, 0) is 52.1 Å². The van der Waals surface area contributed by atoms with Crippen LogP contribution in [0.3, 0.4) is 0 Å². The van der Waals surface area contributed by atoms with Crippen molar-refractivity contribution in [1.82, 2.24) is 10.6 Å². The van der Waals surface area contributed by atoms with Crippen molar-refractivity contribution >= 4 is 6.41 Å². The maximum Gasteiger partial charge on any atom is 0.207 e. The minimum Gasteiger partial charge on any atom is -0.381 e. The van der Waals surface area contributed by atoms with Crippen LogP contribution in [0.4, 0.5) is 0 Å². The van der Waals surface area contributed by atoms with Gasteiger partial charge in [-0.15, -0.1) is 0 Å². The van der Waals surface area contributed by atoms with Crippen LogP contribution in [0, 0.1) is 0 Å². The lowest BCUT2D eigenvalue weighted by Crippen LogP contribution is -2.12. The normalized spacial score (nSPS) is 10.3. The average molecular weight is 230 g/mol. The largest absolute Gasteiger partial charge is 0.381 e. The van der Waals surface area contributed by atoms with Crippen LogP contribution in [0.25, 0.3) is 0 Å². The molecule has 0 aliphatic rings. The third kappa shape index (κ3) is 13.4. The van der Waals surface area contributed by atoms with Gasteiger partial charge in [0.1, 0.15) is 0 Å². The summed E-state index contributed by atoms with van der Waals surface area (Å²) in [4.78, 5) is 9.95. The van der Waals surface area contributed by atoms with E-state index in [1.807, 2.05) is 7.05 Å². The highest BCUT2D eigenvalue weighted by Crippen LogP contribution is 1.98. The van der Waals surface area contributed by atoms with E-state index in [-0.39, 0.29) is 0 Å². The van der Waals surface area contributed by atoms with Gasteiger partial charge in [-0.3, -0.25) is 4.79 Å². The highest BCUT2D eigenvalue weighted by atomic mass is 16.5. The van der Waals surface area contributed by atoms with Crippen LogP contribution >= 0.6 is 0 Å². The monoisotopic (exact) mass is 230 g/mol. The molecule has 1 amide bonds. The number of amides is 1. The Bertz CT molecular complexity index is 143. The van der Waals surface area contributed by atoms with Gasteiger partial charge in [0.25, 0.3) is 0 Å². The van der Waals surface area contributed by atoms with Gasteiger partial charge < -0.3 is 15.4 Å². The second-order valence-electron chi connectivity index (χ2n) is 3.91. The smallest absolute Gasteiger partial charge is 0.207 e. The Balaban J connectivity index is 2.85. The molecule has 0 spiro atoms. The van der Waals surface area contributed by atoms with Crippen molar-refractivity contribution in [3.05, 3.63) is 0 Å². The lowest BCUT2D eigenvalue weighted by atomic mass is 10.2. The molecule has 2 N–H and O–H groups in total. The van der Waals surface area contributed by atoms with Gasteiger partial charge in [0.05, 0.1) is 0 Å². The van der Waals surface area contributed by atoms with Crippen molar-refractivity contribution in [2.24, 2.45) is 0 Å². The van der Waals surface area contributed by atoms with E-state index in [9.17, 15) is 4.79 Å². The third-order valence-corrected chi connectivity index (χ3v) is 2.41. The van der Waals surface area contributed by atoms with Crippen molar-refractivity contribution in [2.45, 2.75) is 38.5 Å². The van der Waals surface area contributed by atoms with E-state index < -0.39 is 0 Å². The zero-order valence-corrected chi connectivity index (χ0v) is 10.5. The molecule has 0 saturated carbocycles. The van der Waals surface area contributed by atoms with Gasteiger partial charge in [-0.1, -0.05) is 0 Å². The van der Waals surface area contributed by atoms with E-state index >= 15 is 0 Å². The summed E-state index contributed by atoms with van der Waals surface area (Å²) < 4.78 is 5.51. The summed E-state index contributed by atoms with van der Waals surface area (Å²) in [5.74, 6) is 0. The first kappa shape index (κ1) is 15.4. The molecule has 0 bridgehead atoms. The summed E-state index contributed by atoms with van der Waals surface area (Å²) >= 11 is 0. The fraction of sp³-hybridized carbons (Fsp3) is 0.917. The van der Waals surface area contributed by atoms with Crippen molar-refractivity contribution in [3.63, 3.8) is 0 Å². The van der Waals surface area contributed by atoms with Gasteiger partial charge >= 0.3 is 0 Å². The molecule has 0 fully saturated rings. The van der Waals surface area contributed by atoms with Crippen LogP contribution in [0.2, 0.25) is 0 Å². The predicted octanol–water partition coefficient (Wildman–Crippen LogP) is 1.31. The maximum absolute atomic E-state index is 9.95. The molecular weight excluding hydrogens is 204 g/mol. The van der Waals surface area contributed by atoms with Gasteiger partial charge in [0, 0.05) is 19.8 Å². The molecule has 4 heteroatoms. The second-order valence-corrected chi connectivity index (χ2v) is 3.91. The standard InChI is InChI=1S/C12H26N2O2/c1-13-8-4-2-6-10-16-11-7-3-5-9-14-12-15/h12-13H,2-11H2,1H3,(H,14,15). The van der Waals surface area contributed by atoms with Crippen LogP contribution in [0.15, 0.2) is 0 Å². The Kier molecular flexibility index (Phi) is 13.8. The molecule has 0 aromatic rings. The summed E-state index contributed by atoms with van der Waals surface area (Å²) in [6.07, 6.45) is 7.65. The summed E-state index contributed by atoms with van der Waals surface area (Å²) in [6, 6.07) is 0. The van der Waals surface area contributed by atoms with Crippen LogP contribution in [0.1, 0.15) is 38.5 Å². The second kappa shape index (κ2) is 14.4. The van der Waals surface area contributed by atoms with E-state index in [1.165, 1.54) is 12.8 Å². The zero-order chi connectivity index (χ0) is 11.9. The molecular formula is C12H26N2O2. The summed E-state index contributed by atoms with van der Waals surface area (Å²) in [6.45, 7) is 3.63. The van der Waals surface area contributed by atoms with Crippen molar-refractivity contribution < 1.29 is 9.53 Å². The minimum absolute atomic E-state index is 0.752. The molecule has 0 aromatic carbocycles. The van der Waals surface area contributed by atoms with E-state index in [0.29, 0.717) is 0 Å². The third-order valence-electron chi connectivity index (χ3n) is 2.41. The maximum atomic E-state index is 9.95. The Morgan fingerprint density at radius 1 is 0.938 bits per heavy atom. The molecule has 4 nitrogen and oxygen atoms in total. The molecule has 16 heavy (non-hydrogen) atoms. The number of hydrogen-bond donors (Lipinski definition) is 2. The van der Waals surface area contributed by atoms with Crippen LogP contribution in [-0.2, 0) is 9.53 Å². The van der Waals surface area contributed by atoms with E-state index in [2.05, 4.69) is 10.6 Å². The predicted molar refractivity (Wildman–Crippen MR) is 66.5 cm³/mol. The zero-order valence-electron chi connectivity index (χ0n) is 10.5. The first-order valence-electron chi connectivity index (χ1n) is 6.31. The molecule has 0 radical (unpaired) electrons. The van der Waals surface area contributed by atoms with E-state index in [4.69, 9.17) is 4.74 Å². The van der Waals surface area contributed by atoms with E-state index in [1.54, 1.807) is 0 Å². The van der Waals surface area contributed by atoms with E-state index in [0.717, 1.165) is 58.4 Å². The number of ether oxygens (including phenoxy) is 1. The number of rotatable bonds is 13. The molecule has 0 rings (SSSR count). The van der Waals surface area contributed by atoms with Gasteiger partial charge in [0.2, 0.25) is 6.41 Å². The number of nitrogens with one attached hydrogen (secondary N) is 2. The number of hydrogen-bond acceptors (Lipinski definition) is 3. The SMILES string of the molecule is CNCCCCCOCCCCCNC=O. The lowest BCUT2D eigenvalue weighted by Gasteiger charge is -2.04. The summed E-state index contributed by atoms with van der Waals surface area (Å²) in [5.41, 5.74) is 0. The molecule has 0 unspecified atom stereocenters. The summed E-state index contributed by atoms with van der Waals surface area (Å²) in [5, 5.41) is 5.78. The first-order chi connectivity index (χ1) is 7.91. The number of carbonyl (C=O) groups is 1. The van der Waals surface area contributed by atoms with Crippen LogP contribution in [-0.4, -0.2) is 39.8 Å². The molecule has 0 saturated heterocycles. The number of unbranched alkanes of at least 4 members (excludes halogenated alkanes) is 4. The van der Waals surface area contributed by atoms with Crippen molar-refractivity contribution in [2.75, 3.05) is 33.4 Å². The molecule has 0 heterocycles. The first-order valence-corrected chi connectivity index (χ1v) is 6.31. The van der Waals surface area contributed by atoms with Gasteiger partial charge in [-0.2, -0.15) is 0 Å². The minimum atomic E-state index is 0.752. The highest BCUT2D eigenvalue weighted by molar-refractivity contribution is 5.45. The highest BCUT2D eigenvalue weighted by Gasteiger charge is 1.91. The summed E-state index contributed by atoms with van der Waals surface area (Å²) in [7, 11) is 1.98. The van der Waals surface area contributed by atoms with Crippen molar-refractivity contribution in [1.29, 1.82) is 0 Å². The quantitative estimate of drug-likeness (QED) is 0.370. The molecule has 0 aliphatic heterocycles. The average Bonchev–Trinajstić information content (AvgIpc) is 2.31. The van der Waals surface area contributed by atoms with Crippen molar-refractivity contribution in [3.8, 4) is 0 Å². The fourth-order valence-corrected chi connectivity index (χ4v) is 1.45. The topological polar surface area (TPSA) is 50.4 Å². The molecule has 0 aliphatic carbocycles. The Hall–Kier alpha value is -0.610. The molecule has 0 atom stereocenters. The molecule has 96 valence electrons. The van der Waals surface area contributed by atoms with Crippen LogP contribution < -0.4 is 10.6 Å². The van der Waals surface area contributed by atoms with Gasteiger partial charge in [-0.25, -0.2) is 0 Å². The lowest BCUT2D eigenvalue weighted by molar-refractivity contribution is -0.109. The Labute approximate surface area is 99.1 Å². The Morgan fingerprint density at radius 2 is 1.56 bits per heavy atom. The number of carbonyl (C=O) groups excluding carboxylic acids is 1. The van der Waals surface area contributed by atoms with Crippen LogP contribution in [0.5, 0.6) is 0 Å². The molecule has 0 aromatic heterocycles.